The number of nitrogens with zero attached hydrogens (tertiary/aromatic N) is 3. The van der Waals surface area contributed by atoms with Gasteiger partial charge in [-0.3, -0.25) is 4.79 Å². The van der Waals surface area contributed by atoms with Crippen LogP contribution in [-0.2, 0) is 0 Å². The highest BCUT2D eigenvalue weighted by Crippen LogP contribution is 2.23. The fraction of sp³-hybridized carbons (Fsp3) is 0.643. The van der Waals surface area contributed by atoms with Gasteiger partial charge >= 0.3 is 0 Å². The van der Waals surface area contributed by atoms with Crippen LogP contribution in [0.15, 0.2) is 12.4 Å². The summed E-state index contributed by atoms with van der Waals surface area (Å²) in [4.78, 5) is 22.5. The predicted octanol–water partition coefficient (Wildman–Crippen LogP) is 1.29. The molecule has 1 heterocycles. The van der Waals surface area contributed by atoms with Gasteiger partial charge in [0.25, 0.3) is 5.91 Å². The quantitative estimate of drug-likeness (QED) is 0.848. The SMILES string of the molecule is CNc1cnc(C(=O)N(CCO)C2CCCCC2)cn1. The first-order valence-electron chi connectivity index (χ1n) is 7.18. The van der Waals surface area contributed by atoms with E-state index in [2.05, 4.69) is 15.3 Å². The van der Waals surface area contributed by atoms with Crippen LogP contribution in [0.25, 0.3) is 0 Å². The minimum absolute atomic E-state index is 0.0235. The second-order valence-corrected chi connectivity index (χ2v) is 5.05. The molecule has 1 aliphatic carbocycles. The Kier molecular flexibility index (Phi) is 5.29. The molecular formula is C14H22N4O2. The van der Waals surface area contributed by atoms with Crippen LogP contribution in [0.3, 0.4) is 0 Å². The average molecular weight is 278 g/mol. The molecule has 0 radical (unpaired) electrons. The van der Waals surface area contributed by atoms with E-state index < -0.39 is 0 Å². The molecule has 1 saturated carbocycles. The number of aromatic nitrogens is 2. The maximum Gasteiger partial charge on any atom is 0.274 e. The molecule has 20 heavy (non-hydrogen) atoms. The molecule has 1 fully saturated rings. The molecule has 6 heteroatoms. The summed E-state index contributed by atoms with van der Waals surface area (Å²) in [6, 6.07) is 0.217. The van der Waals surface area contributed by atoms with Crippen LogP contribution in [-0.4, -0.2) is 52.1 Å². The summed E-state index contributed by atoms with van der Waals surface area (Å²) in [5, 5.41) is 12.1. The highest BCUT2D eigenvalue weighted by molar-refractivity contribution is 5.92. The van der Waals surface area contributed by atoms with Crippen LogP contribution in [0.1, 0.15) is 42.6 Å². The molecule has 6 nitrogen and oxygen atoms in total. The standard InChI is InChI=1S/C14H22N4O2/c1-15-13-10-16-12(9-17-13)14(20)18(7-8-19)11-5-3-2-4-6-11/h9-11,19H,2-8H2,1H3,(H,15,17). The number of aliphatic hydroxyl groups excluding tert-OH is 1. The molecule has 1 aliphatic rings. The Labute approximate surface area is 119 Å². The molecule has 1 aromatic heterocycles. The molecule has 2 N–H and O–H groups in total. The zero-order chi connectivity index (χ0) is 14.4. The third kappa shape index (κ3) is 3.45. The number of aliphatic hydroxyl groups is 1. The Morgan fingerprint density at radius 2 is 2.10 bits per heavy atom. The predicted molar refractivity (Wildman–Crippen MR) is 76.6 cm³/mol. The number of hydrogen-bond acceptors (Lipinski definition) is 5. The maximum atomic E-state index is 12.5. The summed E-state index contributed by atoms with van der Waals surface area (Å²) in [5.41, 5.74) is 0.336. The Bertz CT molecular complexity index is 429. The highest BCUT2D eigenvalue weighted by atomic mass is 16.3. The van der Waals surface area contributed by atoms with E-state index in [0.29, 0.717) is 18.1 Å². The van der Waals surface area contributed by atoms with Gasteiger partial charge in [0.15, 0.2) is 0 Å². The molecular weight excluding hydrogens is 256 g/mol. The Morgan fingerprint density at radius 3 is 2.65 bits per heavy atom. The summed E-state index contributed by atoms with van der Waals surface area (Å²) in [6.07, 6.45) is 8.57. The Hall–Kier alpha value is -1.69. The normalized spacial score (nSPS) is 15.9. The fourth-order valence-corrected chi connectivity index (χ4v) is 2.67. The number of nitrogens with one attached hydrogen (secondary N) is 1. The van der Waals surface area contributed by atoms with Gasteiger partial charge in [-0.15, -0.1) is 0 Å². The molecule has 0 bridgehead atoms. The molecule has 2 rings (SSSR count). The van der Waals surface area contributed by atoms with E-state index in [1.165, 1.54) is 12.6 Å². The number of rotatable bonds is 5. The number of carbonyl (C=O) groups is 1. The summed E-state index contributed by atoms with van der Waals surface area (Å²) in [6.45, 7) is 0.337. The molecule has 110 valence electrons. The van der Waals surface area contributed by atoms with E-state index in [-0.39, 0.29) is 18.6 Å². The van der Waals surface area contributed by atoms with Crippen LogP contribution in [0.5, 0.6) is 0 Å². The van der Waals surface area contributed by atoms with Crippen molar-refractivity contribution in [2.45, 2.75) is 38.1 Å². The van der Waals surface area contributed by atoms with Crippen molar-refractivity contribution < 1.29 is 9.90 Å². The second kappa shape index (κ2) is 7.19. The fourth-order valence-electron chi connectivity index (χ4n) is 2.67. The monoisotopic (exact) mass is 278 g/mol. The lowest BCUT2D eigenvalue weighted by atomic mass is 9.94. The number of carbonyl (C=O) groups excluding carboxylic acids is 1. The van der Waals surface area contributed by atoms with E-state index in [1.54, 1.807) is 18.1 Å². The van der Waals surface area contributed by atoms with Crippen molar-refractivity contribution in [3.8, 4) is 0 Å². The summed E-state index contributed by atoms with van der Waals surface area (Å²) in [7, 11) is 1.76. The average Bonchev–Trinajstić information content (AvgIpc) is 2.53. The van der Waals surface area contributed by atoms with E-state index in [9.17, 15) is 9.90 Å². The van der Waals surface area contributed by atoms with E-state index in [0.717, 1.165) is 25.7 Å². The van der Waals surface area contributed by atoms with Crippen molar-refractivity contribution in [2.24, 2.45) is 0 Å². The first kappa shape index (κ1) is 14.7. The lowest BCUT2D eigenvalue weighted by Crippen LogP contribution is -2.43. The van der Waals surface area contributed by atoms with Gasteiger partial charge in [0.1, 0.15) is 11.5 Å². The third-order valence-corrected chi connectivity index (χ3v) is 3.74. The molecule has 0 saturated heterocycles. The number of hydrogen-bond donors (Lipinski definition) is 2. The first-order valence-corrected chi connectivity index (χ1v) is 7.18. The molecule has 0 aliphatic heterocycles. The second-order valence-electron chi connectivity index (χ2n) is 5.05. The number of amides is 1. The zero-order valence-electron chi connectivity index (χ0n) is 11.9. The van der Waals surface area contributed by atoms with E-state index in [4.69, 9.17) is 0 Å². The topological polar surface area (TPSA) is 78.4 Å². The maximum absolute atomic E-state index is 12.5. The molecule has 0 spiro atoms. The van der Waals surface area contributed by atoms with Crippen molar-refractivity contribution in [1.82, 2.24) is 14.9 Å². The molecule has 0 unspecified atom stereocenters. The van der Waals surface area contributed by atoms with Gasteiger partial charge in [-0.25, -0.2) is 9.97 Å². The van der Waals surface area contributed by atoms with E-state index >= 15 is 0 Å². The van der Waals surface area contributed by atoms with Gasteiger partial charge in [-0.2, -0.15) is 0 Å². The van der Waals surface area contributed by atoms with Crippen molar-refractivity contribution in [3.05, 3.63) is 18.1 Å². The number of anilines is 1. The lowest BCUT2D eigenvalue weighted by molar-refractivity contribution is 0.0579. The lowest BCUT2D eigenvalue weighted by Gasteiger charge is -2.33. The van der Waals surface area contributed by atoms with Gasteiger partial charge in [0, 0.05) is 19.6 Å². The smallest absolute Gasteiger partial charge is 0.274 e. The zero-order valence-corrected chi connectivity index (χ0v) is 11.9. The minimum Gasteiger partial charge on any atom is -0.395 e. The molecule has 1 amide bonds. The summed E-state index contributed by atoms with van der Waals surface area (Å²) < 4.78 is 0. The van der Waals surface area contributed by atoms with Crippen molar-refractivity contribution >= 4 is 11.7 Å². The molecule has 1 aromatic rings. The summed E-state index contributed by atoms with van der Waals surface area (Å²) in [5.74, 6) is 0.494. The van der Waals surface area contributed by atoms with Gasteiger partial charge in [-0.1, -0.05) is 19.3 Å². The van der Waals surface area contributed by atoms with Crippen molar-refractivity contribution in [1.29, 1.82) is 0 Å². The van der Waals surface area contributed by atoms with Crippen LogP contribution in [0, 0.1) is 0 Å². The molecule has 0 atom stereocenters. The van der Waals surface area contributed by atoms with Gasteiger partial charge in [0.05, 0.1) is 19.0 Å². The summed E-state index contributed by atoms with van der Waals surface area (Å²) >= 11 is 0. The highest BCUT2D eigenvalue weighted by Gasteiger charge is 2.26. The van der Waals surface area contributed by atoms with Gasteiger partial charge in [-0.05, 0) is 12.8 Å². The van der Waals surface area contributed by atoms with Crippen LogP contribution < -0.4 is 5.32 Å². The van der Waals surface area contributed by atoms with Crippen LogP contribution in [0.4, 0.5) is 5.82 Å². The third-order valence-electron chi connectivity index (χ3n) is 3.74. The Balaban J connectivity index is 2.12. The minimum atomic E-state index is -0.138. The van der Waals surface area contributed by atoms with Gasteiger partial charge in [0.2, 0.25) is 0 Å². The van der Waals surface area contributed by atoms with Gasteiger partial charge < -0.3 is 15.3 Å². The van der Waals surface area contributed by atoms with E-state index in [1.807, 2.05) is 0 Å². The van der Waals surface area contributed by atoms with Crippen molar-refractivity contribution in [3.63, 3.8) is 0 Å². The van der Waals surface area contributed by atoms with Crippen LogP contribution >= 0.6 is 0 Å². The van der Waals surface area contributed by atoms with Crippen LogP contribution in [0.2, 0.25) is 0 Å². The Morgan fingerprint density at radius 1 is 1.35 bits per heavy atom. The largest absolute Gasteiger partial charge is 0.395 e. The van der Waals surface area contributed by atoms with Crippen molar-refractivity contribution in [2.75, 3.05) is 25.5 Å². The molecule has 0 aromatic carbocycles. The first-order chi connectivity index (χ1) is 9.76.